The molecule has 0 aliphatic carbocycles. The molecule has 134 valence electrons. The van der Waals surface area contributed by atoms with Crippen LogP contribution in [-0.4, -0.2) is 36.0 Å². The number of carbonyl (C=O) groups excluding carboxylic acids is 1. The lowest BCUT2D eigenvalue weighted by atomic mass is 10.3. The first-order valence-electron chi connectivity index (χ1n) is 7.35. The summed E-state index contributed by atoms with van der Waals surface area (Å²) < 4.78 is 6.41. The molecule has 0 aliphatic rings. The molecule has 2 N–H and O–H groups in total. The van der Waals surface area contributed by atoms with Crippen LogP contribution in [0.2, 0.25) is 10.0 Å². The number of thioether (sulfide) groups is 1. The smallest absolute Gasteiger partial charge is 0.230 e. The highest BCUT2D eigenvalue weighted by Crippen LogP contribution is 2.31. The fraction of sp³-hybridized carbons (Fsp3) is 0.235. The van der Waals surface area contributed by atoms with Crippen LogP contribution in [0.5, 0.6) is 5.75 Å². The zero-order valence-corrected chi connectivity index (χ0v) is 17.0. The molecule has 4 nitrogen and oxygen atoms in total. The summed E-state index contributed by atoms with van der Waals surface area (Å²) in [7, 11) is 0. The molecule has 2 aromatic carbocycles. The summed E-state index contributed by atoms with van der Waals surface area (Å²) in [5.74, 6) is 0.507. The van der Waals surface area contributed by atoms with Gasteiger partial charge in [-0.15, -0.1) is 11.8 Å². The van der Waals surface area contributed by atoms with Crippen LogP contribution in [0.1, 0.15) is 0 Å². The van der Waals surface area contributed by atoms with Gasteiger partial charge in [-0.25, -0.2) is 0 Å². The Hall–Kier alpha value is -0.920. The summed E-state index contributed by atoms with van der Waals surface area (Å²) in [5.41, 5.74) is 0. The number of aliphatic hydroxyl groups excluding tert-OH is 1. The van der Waals surface area contributed by atoms with E-state index in [-0.39, 0.29) is 24.8 Å². The van der Waals surface area contributed by atoms with Crippen LogP contribution in [-0.2, 0) is 4.79 Å². The third kappa shape index (κ3) is 7.07. The zero-order chi connectivity index (χ0) is 18.2. The Balaban J connectivity index is 1.68. The maximum atomic E-state index is 11.8. The number of halogens is 3. The number of ether oxygens (including phenoxy) is 1. The molecule has 0 fully saturated rings. The van der Waals surface area contributed by atoms with Gasteiger partial charge in [-0.05, 0) is 36.4 Å². The highest BCUT2D eigenvalue weighted by atomic mass is 79.9. The first-order chi connectivity index (χ1) is 12.0. The van der Waals surface area contributed by atoms with Crippen molar-refractivity contribution in [3.63, 3.8) is 0 Å². The van der Waals surface area contributed by atoms with Gasteiger partial charge in [-0.2, -0.15) is 0 Å². The van der Waals surface area contributed by atoms with Gasteiger partial charge >= 0.3 is 0 Å². The average Bonchev–Trinajstić information content (AvgIpc) is 2.60. The second-order valence-electron chi connectivity index (χ2n) is 5.06. The molecule has 0 bridgehead atoms. The summed E-state index contributed by atoms with van der Waals surface area (Å²) in [4.78, 5) is 12.8. The molecule has 0 radical (unpaired) electrons. The monoisotopic (exact) mass is 463 g/mol. The van der Waals surface area contributed by atoms with Crippen LogP contribution in [0.4, 0.5) is 0 Å². The Morgan fingerprint density at radius 1 is 1.24 bits per heavy atom. The van der Waals surface area contributed by atoms with Crippen LogP contribution >= 0.6 is 50.9 Å². The summed E-state index contributed by atoms with van der Waals surface area (Å²) in [5, 5.41) is 13.3. The Bertz CT molecular complexity index is 716. The number of nitrogens with one attached hydrogen (secondary N) is 1. The van der Waals surface area contributed by atoms with Crippen molar-refractivity contribution in [2.24, 2.45) is 0 Å². The van der Waals surface area contributed by atoms with Crippen LogP contribution in [0.25, 0.3) is 0 Å². The standard InChI is InChI=1S/C17H16BrCl2NO3S/c18-11-4-6-13(7-5-11)25-10-16(23)21-8-12(22)9-24-15-3-1-2-14(19)17(15)20/h1-7,12,22H,8-10H2,(H,21,23). The van der Waals surface area contributed by atoms with E-state index in [1.807, 2.05) is 24.3 Å². The van der Waals surface area contributed by atoms with E-state index < -0.39 is 6.10 Å². The van der Waals surface area contributed by atoms with Gasteiger partial charge in [0.05, 0.1) is 10.8 Å². The fourth-order valence-corrected chi connectivity index (χ4v) is 3.14. The summed E-state index contributed by atoms with van der Waals surface area (Å²) in [6.45, 7) is 0.0954. The average molecular weight is 465 g/mol. The second kappa shape index (κ2) is 10.3. The molecule has 0 saturated carbocycles. The quantitative estimate of drug-likeness (QED) is 0.568. The number of carbonyl (C=O) groups is 1. The van der Waals surface area contributed by atoms with Crippen molar-refractivity contribution >= 4 is 56.8 Å². The van der Waals surface area contributed by atoms with E-state index in [9.17, 15) is 9.90 Å². The number of hydrogen-bond acceptors (Lipinski definition) is 4. The summed E-state index contributed by atoms with van der Waals surface area (Å²) >= 11 is 16.7. The Morgan fingerprint density at radius 2 is 1.96 bits per heavy atom. The molecule has 2 rings (SSSR count). The van der Waals surface area contributed by atoms with Gasteiger partial charge in [0.15, 0.2) is 0 Å². The SMILES string of the molecule is O=C(CSc1ccc(Br)cc1)NCC(O)COc1cccc(Cl)c1Cl. The highest BCUT2D eigenvalue weighted by molar-refractivity contribution is 9.10. The second-order valence-corrected chi connectivity index (χ2v) is 7.81. The first-order valence-corrected chi connectivity index (χ1v) is 9.89. The molecule has 8 heteroatoms. The van der Waals surface area contributed by atoms with E-state index in [1.54, 1.807) is 18.2 Å². The van der Waals surface area contributed by atoms with Crippen molar-refractivity contribution in [2.45, 2.75) is 11.0 Å². The minimum atomic E-state index is -0.850. The number of hydrogen-bond donors (Lipinski definition) is 2. The third-order valence-corrected chi connectivity index (χ3v) is 5.41. The topological polar surface area (TPSA) is 58.6 Å². The lowest BCUT2D eigenvalue weighted by molar-refractivity contribution is -0.119. The molecule has 0 spiro atoms. The number of rotatable bonds is 8. The largest absolute Gasteiger partial charge is 0.489 e. The van der Waals surface area contributed by atoms with Gasteiger partial charge in [0.25, 0.3) is 0 Å². The van der Waals surface area contributed by atoms with Crippen LogP contribution in [0.15, 0.2) is 51.8 Å². The predicted octanol–water partition coefficient (Wildman–Crippen LogP) is 4.40. The lowest BCUT2D eigenvalue weighted by Crippen LogP contribution is -2.36. The maximum absolute atomic E-state index is 11.8. The fourth-order valence-electron chi connectivity index (χ4n) is 1.80. The van der Waals surface area contributed by atoms with E-state index in [2.05, 4.69) is 21.2 Å². The lowest BCUT2D eigenvalue weighted by Gasteiger charge is -2.14. The van der Waals surface area contributed by atoms with Gasteiger partial charge in [0.2, 0.25) is 5.91 Å². The molecule has 0 heterocycles. The van der Waals surface area contributed by atoms with Crippen LogP contribution in [0, 0.1) is 0 Å². The van der Waals surface area contributed by atoms with Crippen LogP contribution < -0.4 is 10.1 Å². The van der Waals surface area contributed by atoms with E-state index in [0.29, 0.717) is 15.8 Å². The minimum absolute atomic E-state index is 0.000196. The van der Waals surface area contributed by atoms with Gasteiger partial charge in [0.1, 0.15) is 23.5 Å². The normalized spacial score (nSPS) is 11.8. The number of amides is 1. The van der Waals surface area contributed by atoms with Crippen molar-refractivity contribution in [3.05, 3.63) is 57.0 Å². The van der Waals surface area contributed by atoms with Crippen molar-refractivity contribution in [3.8, 4) is 5.75 Å². The van der Waals surface area contributed by atoms with Crippen molar-refractivity contribution in [1.29, 1.82) is 0 Å². The van der Waals surface area contributed by atoms with Crippen molar-refractivity contribution in [2.75, 3.05) is 18.9 Å². The molecule has 0 aromatic heterocycles. The predicted molar refractivity (Wildman–Crippen MR) is 106 cm³/mol. The molecular weight excluding hydrogens is 449 g/mol. The van der Waals surface area contributed by atoms with E-state index in [1.165, 1.54) is 11.8 Å². The van der Waals surface area contributed by atoms with Gasteiger partial charge in [-0.3, -0.25) is 4.79 Å². The van der Waals surface area contributed by atoms with Gasteiger partial charge in [-0.1, -0.05) is 45.2 Å². The summed E-state index contributed by atoms with van der Waals surface area (Å²) in [6.07, 6.45) is -0.850. The highest BCUT2D eigenvalue weighted by Gasteiger charge is 2.11. The molecule has 2 aromatic rings. The zero-order valence-electron chi connectivity index (χ0n) is 13.0. The minimum Gasteiger partial charge on any atom is -0.489 e. The first kappa shape index (κ1) is 20.4. The molecule has 25 heavy (non-hydrogen) atoms. The number of benzene rings is 2. The number of aliphatic hydroxyl groups is 1. The molecule has 1 unspecified atom stereocenters. The molecule has 1 atom stereocenters. The maximum Gasteiger partial charge on any atom is 0.230 e. The van der Waals surface area contributed by atoms with Crippen molar-refractivity contribution in [1.82, 2.24) is 5.32 Å². The molecule has 0 aliphatic heterocycles. The van der Waals surface area contributed by atoms with Gasteiger partial charge < -0.3 is 15.2 Å². The molecular formula is C17H16BrCl2NO3S. The Kier molecular flexibility index (Phi) is 8.39. The Labute approximate surface area is 169 Å². The van der Waals surface area contributed by atoms with E-state index >= 15 is 0 Å². The van der Waals surface area contributed by atoms with Gasteiger partial charge in [0, 0.05) is 15.9 Å². The van der Waals surface area contributed by atoms with Crippen LogP contribution in [0.3, 0.4) is 0 Å². The van der Waals surface area contributed by atoms with Crippen molar-refractivity contribution < 1.29 is 14.6 Å². The van der Waals surface area contributed by atoms with E-state index in [0.717, 1.165) is 9.37 Å². The molecule has 0 saturated heterocycles. The van der Waals surface area contributed by atoms with E-state index in [4.69, 9.17) is 27.9 Å². The third-order valence-electron chi connectivity index (χ3n) is 3.07. The Morgan fingerprint density at radius 3 is 2.68 bits per heavy atom. The summed E-state index contributed by atoms with van der Waals surface area (Å²) in [6, 6.07) is 12.7. The molecule has 1 amide bonds.